The van der Waals surface area contributed by atoms with Gasteiger partial charge in [-0.25, -0.2) is 0 Å². The molecule has 1 saturated carbocycles. The van der Waals surface area contributed by atoms with Gasteiger partial charge >= 0.3 is 0 Å². The lowest BCUT2D eigenvalue weighted by molar-refractivity contribution is -0.117. The van der Waals surface area contributed by atoms with E-state index in [1.165, 1.54) is 12.8 Å². The van der Waals surface area contributed by atoms with Crippen molar-refractivity contribution in [2.75, 3.05) is 12.4 Å². The summed E-state index contributed by atoms with van der Waals surface area (Å²) in [7, 11) is 1.79. The van der Waals surface area contributed by atoms with E-state index in [2.05, 4.69) is 10.6 Å². The number of hydrogen-bond donors (Lipinski definition) is 2. The molecule has 1 aromatic carbocycles. The molecule has 0 aromatic heterocycles. The van der Waals surface area contributed by atoms with Crippen LogP contribution in [0.15, 0.2) is 18.2 Å². The highest BCUT2D eigenvalue weighted by atomic mass is 16.5. The molecule has 2 N–H and O–H groups in total. The summed E-state index contributed by atoms with van der Waals surface area (Å²) in [6, 6.07) is 5.63. The van der Waals surface area contributed by atoms with Gasteiger partial charge in [-0.2, -0.15) is 0 Å². The standard InChI is InChI=1S/C14H18N2O2/c1-15-13-11-7-6-10(8-12(11)16-14(13)17)18-9-4-2-3-5-9/h6-9,13,15H,2-5H2,1H3,(H,16,17). The third-order valence-corrected chi connectivity index (χ3v) is 3.75. The molecule has 1 aliphatic carbocycles. The Morgan fingerprint density at radius 1 is 1.33 bits per heavy atom. The summed E-state index contributed by atoms with van der Waals surface area (Å²) in [6.07, 6.45) is 5.15. The van der Waals surface area contributed by atoms with Gasteiger partial charge in [0.25, 0.3) is 0 Å². The lowest BCUT2D eigenvalue weighted by atomic mass is 10.1. The number of ether oxygens (including phenoxy) is 1. The molecule has 2 aliphatic rings. The van der Waals surface area contributed by atoms with Gasteiger partial charge < -0.3 is 15.4 Å². The number of benzene rings is 1. The fourth-order valence-electron chi connectivity index (χ4n) is 2.80. The van der Waals surface area contributed by atoms with Crippen LogP contribution < -0.4 is 15.4 Å². The van der Waals surface area contributed by atoms with Crippen molar-refractivity contribution in [3.8, 4) is 5.75 Å². The van der Waals surface area contributed by atoms with Crippen LogP contribution in [0, 0.1) is 0 Å². The number of nitrogens with one attached hydrogen (secondary N) is 2. The monoisotopic (exact) mass is 246 g/mol. The van der Waals surface area contributed by atoms with Crippen LogP contribution in [0.4, 0.5) is 5.69 Å². The molecule has 96 valence electrons. The van der Waals surface area contributed by atoms with E-state index in [0.717, 1.165) is 29.8 Å². The number of rotatable bonds is 3. The molecule has 0 spiro atoms. The van der Waals surface area contributed by atoms with Crippen LogP contribution in [-0.2, 0) is 4.79 Å². The first-order valence-corrected chi connectivity index (χ1v) is 6.56. The average molecular weight is 246 g/mol. The van der Waals surface area contributed by atoms with Gasteiger partial charge in [0.15, 0.2) is 0 Å². The summed E-state index contributed by atoms with van der Waals surface area (Å²) in [5.41, 5.74) is 1.87. The van der Waals surface area contributed by atoms with Crippen LogP contribution in [0.3, 0.4) is 0 Å². The van der Waals surface area contributed by atoms with Crippen molar-refractivity contribution < 1.29 is 9.53 Å². The fourth-order valence-corrected chi connectivity index (χ4v) is 2.80. The Bertz CT molecular complexity index is 467. The SMILES string of the molecule is CNC1C(=O)Nc2cc(OC3CCCC3)ccc21. The fraction of sp³-hybridized carbons (Fsp3) is 0.500. The van der Waals surface area contributed by atoms with E-state index >= 15 is 0 Å². The van der Waals surface area contributed by atoms with E-state index in [-0.39, 0.29) is 11.9 Å². The summed E-state index contributed by atoms with van der Waals surface area (Å²) < 4.78 is 5.93. The van der Waals surface area contributed by atoms with Gasteiger partial charge in [-0.1, -0.05) is 6.07 Å². The maximum Gasteiger partial charge on any atom is 0.246 e. The summed E-state index contributed by atoms with van der Waals surface area (Å²) >= 11 is 0. The molecule has 4 nitrogen and oxygen atoms in total. The molecule has 1 fully saturated rings. The second-order valence-electron chi connectivity index (χ2n) is 4.98. The van der Waals surface area contributed by atoms with Gasteiger partial charge in [0, 0.05) is 17.3 Å². The van der Waals surface area contributed by atoms with E-state index in [0.29, 0.717) is 6.10 Å². The van der Waals surface area contributed by atoms with Crippen molar-refractivity contribution in [3.05, 3.63) is 23.8 Å². The molecule has 1 heterocycles. The first-order valence-electron chi connectivity index (χ1n) is 6.56. The van der Waals surface area contributed by atoms with Crippen molar-refractivity contribution in [2.24, 2.45) is 0 Å². The molecule has 1 unspecified atom stereocenters. The molecule has 4 heteroatoms. The number of fused-ring (bicyclic) bond motifs is 1. The van der Waals surface area contributed by atoms with Gasteiger partial charge in [-0.3, -0.25) is 4.79 Å². The van der Waals surface area contributed by atoms with E-state index < -0.39 is 0 Å². The number of amides is 1. The van der Waals surface area contributed by atoms with E-state index in [9.17, 15) is 4.79 Å². The highest BCUT2D eigenvalue weighted by Gasteiger charge is 2.29. The van der Waals surface area contributed by atoms with Gasteiger partial charge in [0.05, 0.1) is 6.10 Å². The molecular formula is C14H18N2O2. The molecule has 3 rings (SSSR count). The minimum absolute atomic E-state index is 0.00511. The maximum absolute atomic E-state index is 11.7. The second kappa shape index (κ2) is 4.61. The van der Waals surface area contributed by atoms with Gasteiger partial charge in [0.2, 0.25) is 5.91 Å². The van der Waals surface area contributed by atoms with Crippen LogP contribution in [0.1, 0.15) is 37.3 Å². The Balaban J connectivity index is 1.79. The van der Waals surface area contributed by atoms with Crippen LogP contribution in [-0.4, -0.2) is 19.1 Å². The largest absolute Gasteiger partial charge is 0.490 e. The number of carbonyl (C=O) groups is 1. The molecule has 0 bridgehead atoms. The smallest absolute Gasteiger partial charge is 0.246 e. The summed E-state index contributed by atoms with van der Waals surface area (Å²) in [4.78, 5) is 11.7. The molecule has 18 heavy (non-hydrogen) atoms. The summed E-state index contributed by atoms with van der Waals surface area (Å²) in [5.74, 6) is 0.864. The van der Waals surface area contributed by atoms with Gasteiger partial charge in [-0.15, -0.1) is 0 Å². The Morgan fingerprint density at radius 3 is 2.83 bits per heavy atom. The zero-order valence-corrected chi connectivity index (χ0v) is 10.5. The first-order chi connectivity index (χ1) is 8.78. The highest BCUT2D eigenvalue weighted by molar-refractivity contribution is 6.02. The normalized spacial score (nSPS) is 22.9. The Labute approximate surface area is 107 Å². The predicted octanol–water partition coefficient (Wildman–Crippen LogP) is 2.22. The van der Waals surface area contributed by atoms with Crippen LogP contribution in [0.25, 0.3) is 0 Å². The maximum atomic E-state index is 11.7. The van der Waals surface area contributed by atoms with Crippen molar-refractivity contribution in [1.82, 2.24) is 5.32 Å². The molecule has 1 aromatic rings. The minimum atomic E-state index is -0.236. The van der Waals surface area contributed by atoms with Crippen molar-refractivity contribution in [3.63, 3.8) is 0 Å². The Hall–Kier alpha value is -1.55. The number of carbonyl (C=O) groups excluding carboxylic acids is 1. The molecule has 0 saturated heterocycles. The molecule has 1 amide bonds. The lowest BCUT2D eigenvalue weighted by Crippen LogP contribution is -2.23. The minimum Gasteiger partial charge on any atom is -0.490 e. The van der Waals surface area contributed by atoms with Gasteiger partial charge in [0.1, 0.15) is 11.8 Å². The van der Waals surface area contributed by atoms with Crippen molar-refractivity contribution >= 4 is 11.6 Å². The Morgan fingerprint density at radius 2 is 2.11 bits per heavy atom. The van der Waals surface area contributed by atoms with E-state index in [1.54, 1.807) is 7.05 Å². The predicted molar refractivity (Wildman–Crippen MR) is 69.8 cm³/mol. The van der Waals surface area contributed by atoms with E-state index in [1.807, 2.05) is 18.2 Å². The van der Waals surface area contributed by atoms with Crippen LogP contribution >= 0.6 is 0 Å². The summed E-state index contributed by atoms with van der Waals surface area (Å²) in [5, 5.41) is 5.89. The van der Waals surface area contributed by atoms with E-state index in [4.69, 9.17) is 4.74 Å². The third-order valence-electron chi connectivity index (χ3n) is 3.75. The molecule has 0 radical (unpaired) electrons. The topological polar surface area (TPSA) is 50.4 Å². The molecule has 1 atom stereocenters. The van der Waals surface area contributed by atoms with Crippen molar-refractivity contribution in [1.29, 1.82) is 0 Å². The third kappa shape index (κ3) is 1.97. The van der Waals surface area contributed by atoms with Crippen molar-refractivity contribution in [2.45, 2.75) is 37.8 Å². The lowest BCUT2D eigenvalue weighted by Gasteiger charge is -2.14. The quantitative estimate of drug-likeness (QED) is 0.859. The first kappa shape index (κ1) is 11.5. The van der Waals surface area contributed by atoms with Crippen LogP contribution in [0.5, 0.6) is 5.75 Å². The summed E-state index contributed by atoms with van der Waals surface area (Å²) in [6.45, 7) is 0. The number of hydrogen-bond acceptors (Lipinski definition) is 3. The zero-order chi connectivity index (χ0) is 12.5. The average Bonchev–Trinajstić information content (AvgIpc) is 2.95. The Kier molecular flexibility index (Phi) is 2.96. The van der Waals surface area contributed by atoms with Crippen LogP contribution in [0.2, 0.25) is 0 Å². The highest BCUT2D eigenvalue weighted by Crippen LogP contribution is 2.34. The number of anilines is 1. The molecule has 1 aliphatic heterocycles. The van der Waals surface area contributed by atoms with Gasteiger partial charge in [-0.05, 0) is 38.8 Å². The number of likely N-dealkylation sites (N-methyl/N-ethyl adjacent to an activating group) is 1. The second-order valence-corrected chi connectivity index (χ2v) is 4.98. The zero-order valence-electron chi connectivity index (χ0n) is 10.5. The molecular weight excluding hydrogens is 228 g/mol.